The first-order chi connectivity index (χ1) is 47.6. The normalized spacial score (nSPS) is 14.3. The largest absolute Gasteiger partial charge is 0.472 e. The summed E-state index contributed by atoms with van der Waals surface area (Å²) in [5.41, 5.74) is 0. The first-order valence-electron chi connectivity index (χ1n) is 41.2. The Bertz CT molecular complexity index is 1940. The Hall–Kier alpha value is -1.94. The zero-order valence-corrected chi connectivity index (χ0v) is 66.9. The number of phosphoric acid groups is 2. The second-order valence-corrected chi connectivity index (χ2v) is 33.4. The number of hydrogen-bond donors (Lipinski definition) is 3. The van der Waals surface area contributed by atoms with Crippen molar-refractivity contribution in [1.82, 2.24) is 0 Å². The van der Waals surface area contributed by atoms with Gasteiger partial charge in [0.1, 0.15) is 19.3 Å². The minimum Gasteiger partial charge on any atom is -0.462 e. The monoisotopic (exact) mass is 1450 g/mol. The molecule has 0 spiro atoms. The Morgan fingerprint density at radius 1 is 0.283 bits per heavy atom. The van der Waals surface area contributed by atoms with E-state index in [0.717, 1.165) is 114 Å². The lowest BCUT2D eigenvalue weighted by Gasteiger charge is -2.21. The molecule has 0 aromatic heterocycles. The van der Waals surface area contributed by atoms with Crippen molar-refractivity contribution < 1.29 is 80.2 Å². The summed E-state index contributed by atoms with van der Waals surface area (Å²) in [6, 6.07) is 0. The smallest absolute Gasteiger partial charge is 0.462 e. The third-order valence-electron chi connectivity index (χ3n) is 18.9. The Labute approximate surface area is 607 Å². The van der Waals surface area contributed by atoms with E-state index in [0.29, 0.717) is 31.6 Å². The highest BCUT2D eigenvalue weighted by molar-refractivity contribution is 7.47. The maximum atomic E-state index is 13.1. The van der Waals surface area contributed by atoms with Crippen LogP contribution < -0.4 is 0 Å². The summed E-state index contributed by atoms with van der Waals surface area (Å²) in [6.45, 7) is 14.2. The number of esters is 4. The summed E-state index contributed by atoms with van der Waals surface area (Å²) in [5.74, 6) is 0.951. The number of phosphoric ester groups is 2. The third-order valence-corrected chi connectivity index (χ3v) is 20.8. The molecule has 0 radical (unpaired) electrons. The molecule has 19 heteroatoms. The molecule has 4 unspecified atom stereocenters. The van der Waals surface area contributed by atoms with E-state index in [2.05, 4.69) is 55.4 Å². The van der Waals surface area contributed by atoms with Crippen molar-refractivity contribution in [1.29, 1.82) is 0 Å². The van der Waals surface area contributed by atoms with Gasteiger partial charge in [0.15, 0.2) is 12.2 Å². The highest BCUT2D eigenvalue weighted by atomic mass is 31.2. The van der Waals surface area contributed by atoms with Crippen LogP contribution in [0.1, 0.15) is 409 Å². The molecular weight excluding hydrogens is 1290 g/mol. The standard InChI is InChI=1S/C80H156O17P2/c1-9-73(8)59-51-43-34-30-31-37-47-55-63-80(85)97-75(66-90-77(82)60-52-44-35-28-24-20-16-12-10-14-18-22-26-32-40-48-56-70(2)3)68-94-98(86,87)92-64-74(81)65-93-99(88,89)95-69-76(67-91-78(83)61-53-45-39-38-42-50-58-72(6)7)96-79(84)62-54-46-36-29-25-21-17-13-11-15-19-23-27-33-41-49-57-71(4)5/h70-76,81H,9-69H2,1-8H3,(H,86,87)(H,88,89)/t73?,74?,75-,76-/m1/s1. The van der Waals surface area contributed by atoms with E-state index in [1.165, 1.54) is 205 Å². The number of rotatable bonds is 77. The number of hydrogen-bond acceptors (Lipinski definition) is 15. The first-order valence-corrected chi connectivity index (χ1v) is 44.2. The molecule has 0 aliphatic heterocycles. The van der Waals surface area contributed by atoms with Crippen LogP contribution in [0.5, 0.6) is 0 Å². The second-order valence-electron chi connectivity index (χ2n) is 30.5. The fourth-order valence-electron chi connectivity index (χ4n) is 12.2. The zero-order chi connectivity index (χ0) is 73.1. The summed E-state index contributed by atoms with van der Waals surface area (Å²) in [5, 5.41) is 10.6. The van der Waals surface area contributed by atoms with Gasteiger partial charge in [0.2, 0.25) is 0 Å². The number of carbonyl (C=O) groups excluding carboxylic acids is 4. The quantitative estimate of drug-likeness (QED) is 0.0222. The number of ether oxygens (including phenoxy) is 4. The van der Waals surface area contributed by atoms with Crippen molar-refractivity contribution in [2.45, 2.75) is 427 Å². The minimum atomic E-state index is -4.96. The van der Waals surface area contributed by atoms with E-state index in [4.69, 9.17) is 37.0 Å². The van der Waals surface area contributed by atoms with Crippen LogP contribution in [0.15, 0.2) is 0 Å². The lowest BCUT2D eigenvalue weighted by Crippen LogP contribution is -2.30. The van der Waals surface area contributed by atoms with Crippen molar-refractivity contribution in [3.05, 3.63) is 0 Å². The fourth-order valence-corrected chi connectivity index (χ4v) is 13.8. The molecule has 0 fully saturated rings. The van der Waals surface area contributed by atoms with Crippen LogP contribution in [0.25, 0.3) is 0 Å². The van der Waals surface area contributed by atoms with Gasteiger partial charge in [-0.15, -0.1) is 0 Å². The molecule has 588 valence electrons. The highest BCUT2D eigenvalue weighted by Gasteiger charge is 2.30. The molecule has 3 N–H and O–H groups in total. The molecule has 0 aliphatic carbocycles. The molecule has 0 amide bonds. The maximum absolute atomic E-state index is 13.1. The van der Waals surface area contributed by atoms with Gasteiger partial charge in [0, 0.05) is 25.7 Å². The predicted octanol–water partition coefficient (Wildman–Crippen LogP) is 23.6. The molecule has 0 bridgehead atoms. The van der Waals surface area contributed by atoms with Gasteiger partial charge in [-0.3, -0.25) is 37.3 Å². The Balaban J connectivity index is 5.17. The SMILES string of the molecule is CCC(C)CCCCCCCCCCC(=O)O[C@H](COC(=O)CCCCCCCCCCCCCCCCCCC(C)C)COP(=O)(O)OCC(O)COP(=O)(O)OC[C@@H](COC(=O)CCCCCCCCC(C)C)OC(=O)CCCCCCCCCCCCCCCCCCC(C)C. The molecule has 0 saturated heterocycles. The fraction of sp³-hybridized carbons (Fsp3) is 0.950. The topological polar surface area (TPSA) is 237 Å². The number of carbonyl (C=O) groups is 4. The summed E-state index contributed by atoms with van der Waals surface area (Å²) >= 11 is 0. The van der Waals surface area contributed by atoms with E-state index < -0.39 is 97.5 Å². The Kier molecular flexibility index (Phi) is 67.8. The number of aliphatic hydroxyl groups excluding tert-OH is 1. The lowest BCUT2D eigenvalue weighted by atomic mass is 9.99. The molecule has 0 rings (SSSR count). The molecule has 0 saturated carbocycles. The molecule has 0 aromatic carbocycles. The molecule has 17 nitrogen and oxygen atoms in total. The molecule has 0 heterocycles. The van der Waals surface area contributed by atoms with Crippen molar-refractivity contribution in [3.63, 3.8) is 0 Å². The van der Waals surface area contributed by atoms with E-state index in [1.807, 2.05) is 0 Å². The lowest BCUT2D eigenvalue weighted by molar-refractivity contribution is -0.161. The van der Waals surface area contributed by atoms with E-state index in [9.17, 15) is 43.2 Å². The van der Waals surface area contributed by atoms with E-state index >= 15 is 0 Å². The summed E-state index contributed by atoms with van der Waals surface area (Å²) < 4.78 is 68.6. The Morgan fingerprint density at radius 2 is 0.485 bits per heavy atom. The van der Waals surface area contributed by atoms with Crippen LogP contribution in [0.3, 0.4) is 0 Å². The highest BCUT2D eigenvalue weighted by Crippen LogP contribution is 2.45. The van der Waals surface area contributed by atoms with Crippen molar-refractivity contribution in [2.75, 3.05) is 39.6 Å². The minimum absolute atomic E-state index is 0.105. The second kappa shape index (κ2) is 69.1. The van der Waals surface area contributed by atoms with E-state index in [1.54, 1.807) is 0 Å². The first kappa shape index (κ1) is 97.1. The van der Waals surface area contributed by atoms with Crippen molar-refractivity contribution in [2.24, 2.45) is 23.7 Å². The van der Waals surface area contributed by atoms with Crippen molar-refractivity contribution >= 4 is 39.5 Å². The van der Waals surface area contributed by atoms with Crippen LogP contribution in [0.2, 0.25) is 0 Å². The van der Waals surface area contributed by atoms with Gasteiger partial charge in [-0.25, -0.2) is 9.13 Å². The van der Waals surface area contributed by atoms with Gasteiger partial charge in [-0.2, -0.15) is 0 Å². The molecular formula is C80H156O17P2. The maximum Gasteiger partial charge on any atom is 0.472 e. The molecule has 99 heavy (non-hydrogen) atoms. The summed E-state index contributed by atoms with van der Waals surface area (Å²) in [7, 11) is -9.92. The zero-order valence-electron chi connectivity index (χ0n) is 65.1. The average Bonchev–Trinajstić information content (AvgIpc) is 1.06. The van der Waals surface area contributed by atoms with Crippen molar-refractivity contribution in [3.8, 4) is 0 Å². The van der Waals surface area contributed by atoms with Crippen LogP contribution >= 0.6 is 15.6 Å². The average molecular weight is 1450 g/mol. The van der Waals surface area contributed by atoms with E-state index in [-0.39, 0.29) is 25.7 Å². The predicted molar refractivity (Wildman–Crippen MR) is 404 cm³/mol. The summed E-state index contributed by atoms with van der Waals surface area (Å²) in [4.78, 5) is 72.9. The van der Waals surface area contributed by atoms with Crippen LogP contribution in [-0.4, -0.2) is 96.7 Å². The van der Waals surface area contributed by atoms with Gasteiger partial charge in [-0.1, -0.05) is 357 Å². The van der Waals surface area contributed by atoms with Gasteiger partial charge in [0.25, 0.3) is 0 Å². The van der Waals surface area contributed by atoms with Crippen LogP contribution in [0, 0.1) is 23.7 Å². The summed E-state index contributed by atoms with van der Waals surface area (Å²) in [6.07, 6.45) is 55.7. The van der Waals surface area contributed by atoms with Crippen LogP contribution in [-0.2, 0) is 65.4 Å². The number of unbranched alkanes of at least 4 members (excludes halogenated alkanes) is 42. The molecule has 6 atom stereocenters. The van der Waals surface area contributed by atoms with Gasteiger partial charge < -0.3 is 33.8 Å². The van der Waals surface area contributed by atoms with Gasteiger partial charge in [0.05, 0.1) is 26.4 Å². The molecule has 0 aromatic rings. The van der Waals surface area contributed by atoms with Gasteiger partial charge >= 0.3 is 39.5 Å². The Morgan fingerprint density at radius 3 is 0.717 bits per heavy atom. The van der Waals surface area contributed by atoms with Crippen LogP contribution in [0.4, 0.5) is 0 Å². The van der Waals surface area contributed by atoms with Gasteiger partial charge in [-0.05, 0) is 49.4 Å². The third kappa shape index (κ3) is 72.8. The molecule has 0 aliphatic rings. The number of aliphatic hydroxyl groups is 1.